The number of nitrogen functional groups attached to an aromatic ring is 1. The molecule has 1 saturated heterocycles. The zero-order chi connectivity index (χ0) is 12.3. The number of aromatic nitrogens is 1. The van der Waals surface area contributed by atoms with Gasteiger partial charge in [0, 0.05) is 12.7 Å². The maximum absolute atomic E-state index is 5.70. The Kier molecular flexibility index (Phi) is 4.00. The summed E-state index contributed by atoms with van der Waals surface area (Å²) in [4.78, 5) is 6.55. The van der Waals surface area contributed by atoms with Crippen LogP contribution < -0.4 is 5.73 Å². The standard InChI is InChI=1S/C14H23N3/c1-11(2)13-4-7-17(8-5-13)10-12-3-6-16-14(15)9-12/h3,6,9,11,13H,4-5,7-8,10H2,1-2H3,(H2,15,16). The molecule has 2 rings (SSSR count). The highest BCUT2D eigenvalue weighted by molar-refractivity contribution is 5.31. The maximum Gasteiger partial charge on any atom is 0.123 e. The number of rotatable bonds is 3. The van der Waals surface area contributed by atoms with Crippen molar-refractivity contribution in [1.82, 2.24) is 9.88 Å². The van der Waals surface area contributed by atoms with E-state index in [0.29, 0.717) is 5.82 Å². The zero-order valence-corrected chi connectivity index (χ0v) is 10.9. The van der Waals surface area contributed by atoms with E-state index in [1.165, 1.54) is 31.5 Å². The molecule has 0 aromatic carbocycles. The lowest BCUT2D eigenvalue weighted by Crippen LogP contribution is -2.34. The van der Waals surface area contributed by atoms with Gasteiger partial charge in [-0.25, -0.2) is 4.98 Å². The molecule has 1 aliphatic heterocycles. The molecule has 0 unspecified atom stereocenters. The molecule has 2 N–H and O–H groups in total. The summed E-state index contributed by atoms with van der Waals surface area (Å²) < 4.78 is 0. The first-order valence-electron chi connectivity index (χ1n) is 6.58. The van der Waals surface area contributed by atoms with Gasteiger partial charge in [0.2, 0.25) is 0 Å². The second-order valence-corrected chi connectivity index (χ2v) is 5.45. The maximum atomic E-state index is 5.70. The van der Waals surface area contributed by atoms with Crippen molar-refractivity contribution in [3.63, 3.8) is 0 Å². The number of nitrogens with zero attached hydrogens (tertiary/aromatic N) is 2. The fourth-order valence-corrected chi connectivity index (χ4v) is 2.63. The van der Waals surface area contributed by atoms with Crippen LogP contribution >= 0.6 is 0 Å². The van der Waals surface area contributed by atoms with E-state index in [2.05, 4.69) is 29.8 Å². The second-order valence-electron chi connectivity index (χ2n) is 5.45. The molecule has 0 spiro atoms. The van der Waals surface area contributed by atoms with E-state index >= 15 is 0 Å². The molecule has 0 saturated carbocycles. The molecule has 1 aliphatic rings. The van der Waals surface area contributed by atoms with Crippen LogP contribution in [0.25, 0.3) is 0 Å². The first kappa shape index (κ1) is 12.4. The monoisotopic (exact) mass is 233 g/mol. The van der Waals surface area contributed by atoms with Gasteiger partial charge in [-0.2, -0.15) is 0 Å². The predicted octanol–water partition coefficient (Wildman–Crippen LogP) is 2.53. The van der Waals surface area contributed by atoms with Crippen LogP contribution in [-0.4, -0.2) is 23.0 Å². The summed E-state index contributed by atoms with van der Waals surface area (Å²) in [5, 5.41) is 0. The van der Waals surface area contributed by atoms with E-state index in [1.807, 2.05) is 6.07 Å². The highest BCUT2D eigenvalue weighted by atomic mass is 15.1. The van der Waals surface area contributed by atoms with E-state index in [9.17, 15) is 0 Å². The van der Waals surface area contributed by atoms with E-state index < -0.39 is 0 Å². The van der Waals surface area contributed by atoms with Gasteiger partial charge in [-0.05, 0) is 55.5 Å². The SMILES string of the molecule is CC(C)C1CCN(Cc2ccnc(N)c2)CC1. The Bertz CT molecular complexity index is 354. The number of pyridine rings is 1. The van der Waals surface area contributed by atoms with Gasteiger partial charge in [0.1, 0.15) is 5.82 Å². The molecule has 1 aromatic rings. The van der Waals surface area contributed by atoms with Gasteiger partial charge in [0.05, 0.1) is 0 Å². The quantitative estimate of drug-likeness (QED) is 0.872. The van der Waals surface area contributed by atoms with Crippen molar-refractivity contribution < 1.29 is 0 Å². The van der Waals surface area contributed by atoms with Gasteiger partial charge >= 0.3 is 0 Å². The van der Waals surface area contributed by atoms with Gasteiger partial charge in [-0.1, -0.05) is 13.8 Å². The first-order chi connectivity index (χ1) is 8.15. The highest BCUT2D eigenvalue weighted by Crippen LogP contribution is 2.25. The smallest absolute Gasteiger partial charge is 0.123 e. The van der Waals surface area contributed by atoms with Crippen molar-refractivity contribution in [3.05, 3.63) is 23.9 Å². The molecule has 0 bridgehead atoms. The van der Waals surface area contributed by atoms with Crippen LogP contribution in [0.5, 0.6) is 0 Å². The molecular weight excluding hydrogens is 210 g/mol. The lowest BCUT2D eigenvalue weighted by Gasteiger charge is -2.33. The Hall–Kier alpha value is -1.09. The third-order valence-corrected chi connectivity index (χ3v) is 3.83. The molecule has 1 aromatic heterocycles. The molecule has 17 heavy (non-hydrogen) atoms. The molecule has 94 valence electrons. The van der Waals surface area contributed by atoms with Gasteiger partial charge in [-0.15, -0.1) is 0 Å². The Morgan fingerprint density at radius 3 is 2.71 bits per heavy atom. The summed E-state index contributed by atoms with van der Waals surface area (Å²) >= 11 is 0. The molecule has 3 nitrogen and oxygen atoms in total. The van der Waals surface area contributed by atoms with Crippen molar-refractivity contribution in [3.8, 4) is 0 Å². The van der Waals surface area contributed by atoms with Gasteiger partial charge in [0.15, 0.2) is 0 Å². The average molecular weight is 233 g/mol. The molecule has 0 radical (unpaired) electrons. The minimum Gasteiger partial charge on any atom is -0.384 e. The van der Waals surface area contributed by atoms with Crippen LogP contribution in [0.4, 0.5) is 5.82 Å². The Morgan fingerprint density at radius 1 is 1.41 bits per heavy atom. The molecule has 3 heteroatoms. The van der Waals surface area contributed by atoms with Crippen molar-refractivity contribution in [2.45, 2.75) is 33.2 Å². The topological polar surface area (TPSA) is 42.2 Å². The zero-order valence-electron chi connectivity index (χ0n) is 10.9. The van der Waals surface area contributed by atoms with Crippen molar-refractivity contribution in [1.29, 1.82) is 0 Å². The average Bonchev–Trinajstić information content (AvgIpc) is 2.29. The summed E-state index contributed by atoms with van der Waals surface area (Å²) in [5.74, 6) is 2.36. The van der Waals surface area contributed by atoms with Crippen molar-refractivity contribution in [2.24, 2.45) is 11.8 Å². The summed E-state index contributed by atoms with van der Waals surface area (Å²) in [6.45, 7) is 8.11. The van der Waals surface area contributed by atoms with Crippen molar-refractivity contribution >= 4 is 5.82 Å². The number of hydrogen-bond donors (Lipinski definition) is 1. The third kappa shape index (κ3) is 3.43. The fourth-order valence-electron chi connectivity index (χ4n) is 2.63. The Balaban J connectivity index is 1.86. The molecule has 0 atom stereocenters. The van der Waals surface area contributed by atoms with Gasteiger partial charge < -0.3 is 5.73 Å². The third-order valence-electron chi connectivity index (χ3n) is 3.83. The van der Waals surface area contributed by atoms with Gasteiger partial charge in [0.25, 0.3) is 0 Å². The van der Waals surface area contributed by atoms with E-state index in [0.717, 1.165) is 18.4 Å². The molecular formula is C14H23N3. The van der Waals surface area contributed by atoms with Crippen LogP contribution in [0.3, 0.4) is 0 Å². The Morgan fingerprint density at radius 2 is 2.12 bits per heavy atom. The molecule has 0 amide bonds. The Labute approximate surface area is 104 Å². The summed E-state index contributed by atoms with van der Waals surface area (Å²) in [5.41, 5.74) is 6.97. The molecule has 1 fully saturated rings. The second kappa shape index (κ2) is 5.50. The van der Waals surface area contributed by atoms with E-state index in [4.69, 9.17) is 5.73 Å². The molecule has 0 aliphatic carbocycles. The van der Waals surface area contributed by atoms with Crippen LogP contribution in [0.2, 0.25) is 0 Å². The van der Waals surface area contributed by atoms with Gasteiger partial charge in [-0.3, -0.25) is 4.90 Å². The fraction of sp³-hybridized carbons (Fsp3) is 0.643. The summed E-state index contributed by atoms with van der Waals surface area (Å²) in [6, 6.07) is 4.04. The van der Waals surface area contributed by atoms with Crippen molar-refractivity contribution in [2.75, 3.05) is 18.8 Å². The minimum atomic E-state index is 0.625. The lowest BCUT2D eigenvalue weighted by atomic mass is 9.86. The predicted molar refractivity (Wildman–Crippen MR) is 71.5 cm³/mol. The summed E-state index contributed by atoms with van der Waals surface area (Å²) in [7, 11) is 0. The highest BCUT2D eigenvalue weighted by Gasteiger charge is 2.21. The molecule has 2 heterocycles. The largest absolute Gasteiger partial charge is 0.384 e. The first-order valence-corrected chi connectivity index (χ1v) is 6.58. The van der Waals surface area contributed by atoms with Crippen LogP contribution in [0.1, 0.15) is 32.3 Å². The number of hydrogen-bond acceptors (Lipinski definition) is 3. The number of anilines is 1. The van der Waals surface area contributed by atoms with E-state index in [-0.39, 0.29) is 0 Å². The normalized spacial score (nSPS) is 18.8. The van der Waals surface area contributed by atoms with Crippen LogP contribution in [0.15, 0.2) is 18.3 Å². The lowest BCUT2D eigenvalue weighted by molar-refractivity contribution is 0.152. The number of nitrogens with two attached hydrogens (primary N) is 1. The van der Waals surface area contributed by atoms with E-state index in [1.54, 1.807) is 6.20 Å². The number of likely N-dealkylation sites (tertiary alicyclic amines) is 1. The summed E-state index contributed by atoms with van der Waals surface area (Å²) in [6.07, 6.45) is 4.46. The number of piperidine rings is 1. The van der Waals surface area contributed by atoms with Crippen LogP contribution in [0, 0.1) is 11.8 Å². The minimum absolute atomic E-state index is 0.625. The van der Waals surface area contributed by atoms with Crippen LogP contribution in [-0.2, 0) is 6.54 Å².